The van der Waals surface area contributed by atoms with Crippen LogP contribution in [0.3, 0.4) is 0 Å². The van der Waals surface area contributed by atoms with Crippen LogP contribution in [0.4, 0.5) is 5.69 Å². The van der Waals surface area contributed by atoms with Crippen LogP contribution < -0.4 is 0 Å². The maximum Gasteiger partial charge on any atom is 0.362 e. The van der Waals surface area contributed by atoms with E-state index in [0.717, 1.165) is 4.47 Å². The fraction of sp³-hybridized carbons (Fsp3) is 0.250. The average Bonchev–Trinajstić information content (AvgIpc) is 2.32. The second-order valence-corrected chi connectivity index (χ2v) is 6.20. The van der Waals surface area contributed by atoms with Crippen LogP contribution in [-0.2, 0) is 9.53 Å². The highest BCUT2D eigenvalue weighted by Gasteiger charge is 2.15. The number of carbonyl (C=O) groups is 1. The fourth-order valence-corrected chi connectivity index (χ4v) is 3.61. The zero-order valence-corrected chi connectivity index (χ0v) is 15.4. The molecule has 108 valence electrons. The van der Waals surface area contributed by atoms with Gasteiger partial charge in [0, 0.05) is 13.4 Å². The van der Waals surface area contributed by atoms with Gasteiger partial charge in [0.25, 0.3) is 0 Å². The Bertz CT molecular complexity index is 558. The Morgan fingerprint density at radius 1 is 1.30 bits per heavy atom. The lowest BCUT2D eigenvalue weighted by molar-refractivity contribution is -0.138. The lowest BCUT2D eigenvalue weighted by Gasteiger charge is -2.04. The smallest absolute Gasteiger partial charge is 0.362 e. The van der Waals surface area contributed by atoms with E-state index in [-0.39, 0.29) is 18.1 Å². The summed E-state index contributed by atoms with van der Waals surface area (Å²) in [5.41, 5.74) is 0.268. The molecule has 0 aliphatic heterocycles. The van der Waals surface area contributed by atoms with Gasteiger partial charge in [0.1, 0.15) is 11.4 Å². The lowest BCUT2D eigenvalue weighted by atomic mass is 10.3. The van der Waals surface area contributed by atoms with Gasteiger partial charge >= 0.3 is 5.97 Å². The van der Waals surface area contributed by atoms with Crippen LogP contribution in [0.15, 0.2) is 47.2 Å². The molecule has 0 fully saturated rings. The number of azo groups is 1. The molecule has 0 atom stereocenters. The van der Waals surface area contributed by atoms with E-state index in [4.69, 9.17) is 4.74 Å². The molecule has 0 saturated carbocycles. The molecule has 0 radical (unpaired) electrons. The Morgan fingerprint density at radius 2 is 1.85 bits per heavy atom. The lowest BCUT2D eigenvalue weighted by Crippen LogP contribution is -2.07. The standard InChI is InChI=1S/C12H11Br3N2O3/c1-3-20-12(19)10(6(2)18)16-17-11-8(14)4-7(13)5-9(11)15/h4-5,18H,3H2,1-2H3/b10-6-,17-16?. The third-order valence-electron chi connectivity index (χ3n) is 2.04. The molecule has 20 heavy (non-hydrogen) atoms. The van der Waals surface area contributed by atoms with Gasteiger partial charge in [-0.15, -0.1) is 10.2 Å². The van der Waals surface area contributed by atoms with Crippen molar-refractivity contribution in [2.24, 2.45) is 10.2 Å². The minimum Gasteiger partial charge on any atom is -0.510 e. The number of halogens is 3. The third-order valence-corrected chi connectivity index (χ3v) is 3.71. The second kappa shape index (κ2) is 7.90. The summed E-state index contributed by atoms with van der Waals surface area (Å²) < 4.78 is 7.01. The summed E-state index contributed by atoms with van der Waals surface area (Å²) in [5.74, 6) is -0.975. The summed E-state index contributed by atoms with van der Waals surface area (Å²) in [6.45, 7) is 3.20. The molecule has 0 spiro atoms. The monoisotopic (exact) mass is 468 g/mol. The van der Waals surface area contributed by atoms with Gasteiger partial charge in [-0.3, -0.25) is 0 Å². The van der Waals surface area contributed by atoms with E-state index in [0.29, 0.717) is 14.6 Å². The zero-order valence-electron chi connectivity index (χ0n) is 10.7. The minimum absolute atomic E-state index is 0.191. The molecule has 1 aromatic carbocycles. The van der Waals surface area contributed by atoms with Crippen molar-refractivity contribution in [3.05, 3.63) is 37.0 Å². The van der Waals surface area contributed by atoms with Gasteiger partial charge in [-0.25, -0.2) is 4.79 Å². The molecule has 0 saturated heterocycles. The van der Waals surface area contributed by atoms with Crippen molar-refractivity contribution in [3.8, 4) is 0 Å². The maximum atomic E-state index is 11.6. The Morgan fingerprint density at radius 3 is 2.30 bits per heavy atom. The van der Waals surface area contributed by atoms with Gasteiger partial charge in [-0.05, 0) is 57.8 Å². The van der Waals surface area contributed by atoms with Gasteiger partial charge in [0.2, 0.25) is 5.70 Å². The normalized spacial score (nSPS) is 12.4. The number of hydrogen-bond acceptors (Lipinski definition) is 5. The van der Waals surface area contributed by atoms with Gasteiger partial charge in [0.05, 0.1) is 6.61 Å². The average molecular weight is 471 g/mol. The first-order valence-corrected chi connectivity index (χ1v) is 7.88. The summed E-state index contributed by atoms with van der Waals surface area (Å²) in [4.78, 5) is 11.6. The molecule has 8 heteroatoms. The number of ether oxygens (including phenoxy) is 1. The number of aliphatic hydroxyl groups is 1. The first-order valence-electron chi connectivity index (χ1n) is 5.50. The van der Waals surface area contributed by atoms with Crippen molar-refractivity contribution in [2.75, 3.05) is 6.61 Å². The van der Waals surface area contributed by atoms with E-state index >= 15 is 0 Å². The molecule has 1 rings (SSSR count). The Kier molecular flexibility index (Phi) is 6.84. The summed E-state index contributed by atoms with van der Waals surface area (Å²) in [7, 11) is 0. The molecule has 0 aromatic heterocycles. The molecular formula is C12H11Br3N2O3. The Labute approximate surface area is 141 Å². The fourth-order valence-electron chi connectivity index (χ4n) is 1.19. The zero-order chi connectivity index (χ0) is 15.3. The van der Waals surface area contributed by atoms with Crippen LogP contribution in [-0.4, -0.2) is 17.7 Å². The number of nitrogens with zero attached hydrogens (tertiary/aromatic N) is 2. The summed E-state index contributed by atoms with van der Waals surface area (Å²) in [5, 5.41) is 17.2. The van der Waals surface area contributed by atoms with Crippen LogP contribution in [0, 0.1) is 0 Å². The topological polar surface area (TPSA) is 71.2 Å². The van der Waals surface area contributed by atoms with E-state index in [1.165, 1.54) is 6.92 Å². The first-order chi connectivity index (χ1) is 9.36. The largest absolute Gasteiger partial charge is 0.510 e. The summed E-state index contributed by atoms with van der Waals surface area (Å²) >= 11 is 10.0. The number of esters is 1. The predicted molar refractivity (Wildman–Crippen MR) is 86.0 cm³/mol. The van der Waals surface area contributed by atoms with Gasteiger partial charge in [-0.1, -0.05) is 15.9 Å². The molecule has 0 amide bonds. The highest BCUT2D eigenvalue weighted by molar-refractivity contribution is 9.11. The molecular weight excluding hydrogens is 460 g/mol. The molecule has 1 N–H and O–H groups in total. The summed E-state index contributed by atoms with van der Waals surface area (Å²) in [6.07, 6.45) is 0. The van der Waals surface area contributed by atoms with E-state index in [2.05, 4.69) is 58.0 Å². The van der Waals surface area contributed by atoms with Crippen LogP contribution in [0.2, 0.25) is 0 Å². The van der Waals surface area contributed by atoms with E-state index < -0.39 is 5.97 Å². The highest BCUT2D eigenvalue weighted by Crippen LogP contribution is 2.37. The van der Waals surface area contributed by atoms with Crippen LogP contribution >= 0.6 is 47.8 Å². The number of rotatable bonds is 4. The quantitative estimate of drug-likeness (QED) is 0.277. The Hall–Kier alpha value is -0.730. The number of carbonyl (C=O) groups excluding carboxylic acids is 1. The highest BCUT2D eigenvalue weighted by atomic mass is 79.9. The van der Waals surface area contributed by atoms with E-state index in [1.54, 1.807) is 19.1 Å². The van der Waals surface area contributed by atoms with Gasteiger partial charge < -0.3 is 9.84 Å². The van der Waals surface area contributed by atoms with E-state index in [1.807, 2.05) is 0 Å². The SMILES string of the molecule is CCOC(=O)/C(N=Nc1c(Br)cc(Br)cc1Br)=C(\C)O. The van der Waals surface area contributed by atoms with Crippen molar-refractivity contribution in [1.29, 1.82) is 0 Å². The number of benzene rings is 1. The molecule has 0 aliphatic carbocycles. The van der Waals surface area contributed by atoms with Crippen LogP contribution in [0.1, 0.15) is 13.8 Å². The van der Waals surface area contributed by atoms with E-state index in [9.17, 15) is 9.90 Å². The summed E-state index contributed by atoms with van der Waals surface area (Å²) in [6, 6.07) is 3.58. The third kappa shape index (κ3) is 4.68. The Balaban J connectivity index is 3.13. The van der Waals surface area contributed by atoms with Crippen molar-refractivity contribution in [1.82, 2.24) is 0 Å². The van der Waals surface area contributed by atoms with Gasteiger partial charge in [0.15, 0.2) is 0 Å². The number of allylic oxidation sites excluding steroid dienone is 1. The van der Waals surface area contributed by atoms with Crippen molar-refractivity contribution >= 4 is 59.4 Å². The van der Waals surface area contributed by atoms with Crippen molar-refractivity contribution in [2.45, 2.75) is 13.8 Å². The molecule has 0 aliphatic rings. The van der Waals surface area contributed by atoms with Crippen molar-refractivity contribution in [3.63, 3.8) is 0 Å². The minimum atomic E-state index is -0.722. The van der Waals surface area contributed by atoms with Crippen LogP contribution in [0.5, 0.6) is 0 Å². The van der Waals surface area contributed by atoms with Gasteiger partial charge in [-0.2, -0.15) is 0 Å². The maximum absolute atomic E-state index is 11.6. The predicted octanol–water partition coefficient (Wildman–Crippen LogP) is 5.41. The number of hydrogen-bond donors (Lipinski definition) is 1. The molecule has 1 aromatic rings. The van der Waals surface area contributed by atoms with Crippen molar-refractivity contribution < 1.29 is 14.6 Å². The van der Waals surface area contributed by atoms with Crippen LogP contribution in [0.25, 0.3) is 0 Å². The molecule has 0 heterocycles. The second-order valence-electron chi connectivity index (χ2n) is 3.57. The molecule has 0 unspecified atom stereocenters. The first kappa shape index (κ1) is 17.3. The number of aliphatic hydroxyl groups excluding tert-OH is 1. The molecule has 0 bridgehead atoms. The molecule has 5 nitrogen and oxygen atoms in total.